The zero-order valence-electron chi connectivity index (χ0n) is 16.9. The fraction of sp³-hybridized carbons (Fsp3) is 0.318. The van der Waals surface area contributed by atoms with E-state index in [2.05, 4.69) is 33.9 Å². The van der Waals surface area contributed by atoms with Gasteiger partial charge in [0.2, 0.25) is 0 Å². The number of ether oxygens (including phenoxy) is 1. The highest BCUT2D eigenvalue weighted by Crippen LogP contribution is 2.24. The van der Waals surface area contributed by atoms with Crippen LogP contribution in [0.4, 0.5) is 11.4 Å². The first-order valence-corrected chi connectivity index (χ1v) is 10.8. The van der Waals surface area contributed by atoms with Crippen LogP contribution >= 0.6 is 11.3 Å². The van der Waals surface area contributed by atoms with E-state index in [-0.39, 0.29) is 10.6 Å². The SMILES string of the molecule is Cc1ccc(N=c2scc(-c3ccc([N+](=O)[O-])cc3)n2CCN2CCOCC2)cc1. The van der Waals surface area contributed by atoms with E-state index in [4.69, 9.17) is 9.73 Å². The Bertz CT molecular complexity index is 1070. The van der Waals surface area contributed by atoms with Crippen LogP contribution in [-0.2, 0) is 11.3 Å². The van der Waals surface area contributed by atoms with E-state index in [0.29, 0.717) is 0 Å². The third-order valence-electron chi connectivity index (χ3n) is 5.17. The number of nitro groups is 1. The van der Waals surface area contributed by atoms with Gasteiger partial charge in [0.1, 0.15) is 0 Å². The van der Waals surface area contributed by atoms with Crippen molar-refractivity contribution in [2.45, 2.75) is 13.5 Å². The molecule has 2 aromatic carbocycles. The fourth-order valence-corrected chi connectivity index (χ4v) is 4.37. The number of nitrogens with zero attached hydrogens (tertiary/aromatic N) is 4. The van der Waals surface area contributed by atoms with E-state index in [1.54, 1.807) is 35.6 Å². The topological polar surface area (TPSA) is 72.9 Å². The Morgan fingerprint density at radius 2 is 1.77 bits per heavy atom. The Morgan fingerprint density at radius 1 is 1.07 bits per heavy atom. The number of morpholine rings is 1. The van der Waals surface area contributed by atoms with Crippen LogP contribution in [0.15, 0.2) is 58.9 Å². The van der Waals surface area contributed by atoms with E-state index in [1.807, 2.05) is 12.1 Å². The van der Waals surface area contributed by atoms with E-state index in [0.717, 1.165) is 61.1 Å². The second kappa shape index (κ2) is 9.34. The van der Waals surface area contributed by atoms with Crippen LogP contribution in [0.1, 0.15) is 5.56 Å². The first-order valence-electron chi connectivity index (χ1n) is 9.95. The summed E-state index contributed by atoms with van der Waals surface area (Å²) in [6, 6.07) is 14.9. The molecule has 0 amide bonds. The van der Waals surface area contributed by atoms with E-state index < -0.39 is 0 Å². The van der Waals surface area contributed by atoms with Gasteiger partial charge in [-0.05, 0) is 36.8 Å². The molecular weight excluding hydrogens is 400 g/mol. The molecule has 0 atom stereocenters. The third kappa shape index (κ3) is 4.84. The van der Waals surface area contributed by atoms with Crippen molar-refractivity contribution in [3.63, 3.8) is 0 Å². The van der Waals surface area contributed by atoms with Crippen molar-refractivity contribution in [1.82, 2.24) is 9.47 Å². The van der Waals surface area contributed by atoms with Crippen molar-refractivity contribution >= 4 is 22.7 Å². The first kappa shape index (κ1) is 20.5. The van der Waals surface area contributed by atoms with Gasteiger partial charge in [-0.25, -0.2) is 4.99 Å². The number of rotatable bonds is 6. The summed E-state index contributed by atoms with van der Waals surface area (Å²) < 4.78 is 7.66. The highest BCUT2D eigenvalue weighted by atomic mass is 32.1. The van der Waals surface area contributed by atoms with Crippen molar-refractivity contribution in [3.8, 4) is 11.3 Å². The predicted octanol–water partition coefficient (Wildman–Crippen LogP) is 4.00. The normalized spacial score (nSPS) is 15.4. The average molecular weight is 425 g/mol. The van der Waals surface area contributed by atoms with Crippen molar-refractivity contribution in [2.75, 3.05) is 32.8 Å². The Hall–Kier alpha value is -2.81. The number of hydrogen-bond acceptors (Lipinski definition) is 6. The second-order valence-corrected chi connectivity index (χ2v) is 8.10. The van der Waals surface area contributed by atoms with Gasteiger partial charge in [-0.15, -0.1) is 11.3 Å². The number of thiazole rings is 1. The van der Waals surface area contributed by atoms with Crippen LogP contribution in [-0.4, -0.2) is 47.2 Å². The molecular formula is C22H24N4O3S. The summed E-state index contributed by atoms with van der Waals surface area (Å²) in [6.07, 6.45) is 0. The molecule has 0 aliphatic carbocycles. The van der Waals surface area contributed by atoms with Crippen LogP contribution in [0.25, 0.3) is 11.3 Å². The first-order chi connectivity index (χ1) is 14.6. The highest BCUT2D eigenvalue weighted by molar-refractivity contribution is 7.07. The van der Waals surface area contributed by atoms with Crippen molar-refractivity contribution in [3.05, 3.63) is 74.4 Å². The Labute approximate surface area is 179 Å². The molecule has 0 bridgehead atoms. The Kier molecular flexibility index (Phi) is 6.37. The smallest absolute Gasteiger partial charge is 0.269 e. The lowest BCUT2D eigenvalue weighted by atomic mass is 10.1. The molecule has 1 saturated heterocycles. The van der Waals surface area contributed by atoms with Crippen LogP contribution < -0.4 is 4.80 Å². The molecule has 1 aliphatic heterocycles. The minimum Gasteiger partial charge on any atom is -0.379 e. The Morgan fingerprint density at radius 3 is 2.43 bits per heavy atom. The maximum atomic E-state index is 11.0. The van der Waals surface area contributed by atoms with Gasteiger partial charge in [-0.3, -0.25) is 15.0 Å². The molecule has 156 valence electrons. The quantitative estimate of drug-likeness (QED) is 0.443. The molecule has 0 radical (unpaired) electrons. The minimum atomic E-state index is -0.373. The molecule has 0 saturated carbocycles. The third-order valence-corrected chi connectivity index (χ3v) is 6.04. The predicted molar refractivity (Wildman–Crippen MR) is 118 cm³/mol. The molecule has 7 nitrogen and oxygen atoms in total. The lowest BCUT2D eigenvalue weighted by Gasteiger charge is -2.26. The van der Waals surface area contributed by atoms with Crippen LogP contribution in [0.2, 0.25) is 0 Å². The van der Waals surface area contributed by atoms with E-state index in [9.17, 15) is 10.1 Å². The molecule has 0 N–H and O–H groups in total. The summed E-state index contributed by atoms with van der Waals surface area (Å²) in [4.78, 5) is 18.8. The molecule has 4 rings (SSSR count). The minimum absolute atomic E-state index is 0.0958. The number of benzene rings is 2. The fourth-order valence-electron chi connectivity index (χ4n) is 3.42. The van der Waals surface area contributed by atoms with Gasteiger partial charge < -0.3 is 9.30 Å². The van der Waals surface area contributed by atoms with Gasteiger partial charge in [0.25, 0.3) is 5.69 Å². The summed E-state index contributed by atoms with van der Waals surface area (Å²) in [5.74, 6) is 0. The molecule has 1 fully saturated rings. The van der Waals surface area contributed by atoms with Gasteiger partial charge >= 0.3 is 0 Å². The molecule has 0 unspecified atom stereocenters. The summed E-state index contributed by atoms with van der Waals surface area (Å²) in [7, 11) is 0. The molecule has 8 heteroatoms. The van der Waals surface area contributed by atoms with Gasteiger partial charge in [-0.1, -0.05) is 17.7 Å². The lowest BCUT2D eigenvalue weighted by molar-refractivity contribution is -0.384. The van der Waals surface area contributed by atoms with Crippen molar-refractivity contribution in [2.24, 2.45) is 4.99 Å². The average Bonchev–Trinajstić information content (AvgIpc) is 3.17. The number of nitro benzene ring substituents is 1. The zero-order valence-corrected chi connectivity index (χ0v) is 17.7. The van der Waals surface area contributed by atoms with E-state index in [1.165, 1.54) is 5.56 Å². The summed E-state index contributed by atoms with van der Waals surface area (Å²) >= 11 is 1.59. The number of hydrogen-bond donors (Lipinski definition) is 0. The second-order valence-electron chi connectivity index (χ2n) is 7.26. The largest absolute Gasteiger partial charge is 0.379 e. The summed E-state index contributed by atoms with van der Waals surface area (Å²) in [5.41, 5.74) is 4.18. The maximum absolute atomic E-state index is 11.0. The summed E-state index contributed by atoms with van der Waals surface area (Å²) in [6.45, 7) is 7.16. The van der Waals surface area contributed by atoms with Crippen LogP contribution in [0.3, 0.4) is 0 Å². The molecule has 30 heavy (non-hydrogen) atoms. The molecule has 1 aliphatic rings. The van der Waals surface area contributed by atoms with Crippen molar-refractivity contribution < 1.29 is 9.66 Å². The molecule has 0 spiro atoms. The zero-order chi connectivity index (χ0) is 20.9. The standard InChI is InChI=1S/C22H24N4O3S/c1-17-2-6-19(7-3-17)23-22-25(11-10-24-12-14-29-15-13-24)21(16-30-22)18-4-8-20(9-5-18)26(27)28/h2-9,16H,10-15H2,1H3. The lowest BCUT2D eigenvalue weighted by Crippen LogP contribution is -2.39. The monoisotopic (exact) mass is 424 g/mol. The maximum Gasteiger partial charge on any atom is 0.269 e. The number of aromatic nitrogens is 1. The van der Waals surface area contributed by atoms with Gasteiger partial charge in [0, 0.05) is 43.7 Å². The molecule has 2 heterocycles. The Balaban J connectivity index is 1.68. The number of non-ortho nitro benzene ring substituents is 1. The molecule has 1 aromatic heterocycles. The molecule has 3 aromatic rings. The van der Waals surface area contributed by atoms with Gasteiger partial charge in [0.05, 0.1) is 29.5 Å². The van der Waals surface area contributed by atoms with Crippen LogP contribution in [0, 0.1) is 17.0 Å². The highest BCUT2D eigenvalue weighted by Gasteiger charge is 2.14. The number of aryl methyl sites for hydroxylation is 1. The van der Waals surface area contributed by atoms with Crippen LogP contribution in [0.5, 0.6) is 0 Å². The summed E-state index contributed by atoms with van der Waals surface area (Å²) in [5, 5.41) is 13.1. The van der Waals surface area contributed by atoms with Crippen molar-refractivity contribution in [1.29, 1.82) is 0 Å². The van der Waals surface area contributed by atoms with E-state index >= 15 is 0 Å². The van der Waals surface area contributed by atoms with Gasteiger partial charge in [-0.2, -0.15) is 0 Å². The van der Waals surface area contributed by atoms with Gasteiger partial charge in [0.15, 0.2) is 4.80 Å².